The maximum absolute atomic E-state index is 13.3. The zero-order valence-electron chi connectivity index (χ0n) is 20.6. The topological polar surface area (TPSA) is 95.0 Å². The molecule has 0 spiro atoms. The van der Waals surface area contributed by atoms with Gasteiger partial charge in [0, 0.05) is 43.0 Å². The molecule has 9 heteroatoms. The molecule has 0 bridgehead atoms. The van der Waals surface area contributed by atoms with Gasteiger partial charge in [-0.05, 0) is 53.8 Å². The molecule has 4 heterocycles. The van der Waals surface area contributed by atoms with Crippen molar-refractivity contribution in [2.75, 3.05) is 18.4 Å². The van der Waals surface area contributed by atoms with Crippen molar-refractivity contribution >= 4 is 11.3 Å². The third kappa shape index (κ3) is 5.08. The summed E-state index contributed by atoms with van der Waals surface area (Å²) in [4.78, 5) is 10.6. The Morgan fingerprint density at radius 1 is 0.921 bits per heavy atom. The minimum absolute atomic E-state index is 0.185. The summed E-state index contributed by atoms with van der Waals surface area (Å²) in [5.74, 6) is 0.633. The van der Waals surface area contributed by atoms with Crippen LogP contribution in [0.1, 0.15) is 24.2 Å². The van der Waals surface area contributed by atoms with Crippen LogP contribution in [0.15, 0.2) is 79.3 Å². The third-order valence-corrected chi connectivity index (χ3v) is 6.93. The summed E-state index contributed by atoms with van der Waals surface area (Å²) >= 11 is 0. The molecule has 188 valence electrons. The first-order valence-electron chi connectivity index (χ1n) is 12.6. The Bertz CT molecular complexity index is 1600. The fourth-order valence-corrected chi connectivity index (χ4v) is 4.89. The minimum Gasteiger partial charge on any atom is -0.367 e. The van der Waals surface area contributed by atoms with Gasteiger partial charge in [-0.15, -0.1) is 0 Å². The lowest BCUT2D eigenvalue weighted by atomic mass is 10.0. The number of anilines is 1. The molecule has 6 rings (SSSR count). The highest BCUT2D eigenvalue weighted by Gasteiger charge is 2.20. The Balaban J connectivity index is 1.10. The number of piperidine rings is 1. The molecule has 0 saturated carbocycles. The average molecular weight is 505 g/mol. The minimum atomic E-state index is -0.258. The van der Waals surface area contributed by atoms with Crippen molar-refractivity contribution in [1.82, 2.24) is 29.7 Å². The van der Waals surface area contributed by atoms with Gasteiger partial charge in [-0.25, -0.2) is 14.4 Å². The molecule has 1 N–H and O–H groups in total. The first kappa shape index (κ1) is 23.7. The standard InChI is InChI=1S/C29H25FN8/c30-24-7-5-21(6-8-24)23-15-27-26(18-34-38(27)33-17-23)22-3-1-20(2-4-22)19-37-13-10-25(11-14-37)35-28-9-12-32-29(16-31)36-28/h1-9,12,15,17-18,25H,10-11,13-14,19H2,(H,32,35,36). The molecule has 38 heavy (non-hydrogen) atoms. The van der Waals surface area contributed by atoms with E-state index in [1.165, 1.54) is 17.7 Å². The van der Waals surface area contributed by atoms with Crippen molar-refractivity contribution in [1.29, 1.82) is 5.26 Å². The number of rotatable bonds is 6. The van der Waals surface area contributed by atoms with Gasteiger partial charge in [0.1, 0.15) is 17.7 Å². The Labute approximate surface area is 219 Å². The lowest BCUT2D eigenvalue weighted by Crippen LogP contribution is -2.38. The van der Waals surface area contributed by atoms with Crippen LogP contribution < -0.4 is 5.32 Å². The maximum Gasteiger partial charge on any atom is 0.234 e. The lowest BCUT2D eigenvalue weighted by molar-refractivity contribution is 0.211. The maximum atomic E-state index is 13.3. The van der Waals surface area contributed by atoms with Crippen molar-refractivity contribution in [3.63, 3.8) is 0 Å². The molecule has 1 saturated heterocycles. The summed E-state index contributed by atoms with van der Waals surface area (Å²) in [5, 5.41) is 21.3. The molecule has 0 unspecified atom stereocenters. The third-order valence-electron chi connectivity index (χ3n) is 6.93. The van der Waals surface area contributed by atoms with E-state index in [4.69, 9.17) is 5.26 Å². The van der Waals surface area contributed by atoms with Gasteiger partial charge in [0.05, 0.1) is 17.9 Å². The number of likely N-dealkylation sites (tertiary alicyclic amines) is 1. The lowest BCUT2D eigenvalue weighted by Gasteiger charge is -2.32. The van der Waals surface area contributed by atoms with E-state index < -0.39 is 0 Å². The van der Waals surface area contributed by atoms with Gasteiger partial charge in [0.2, 0.25) is 5.82 Å². The number of nitrogens with zero attached hydrogens (tertiary/aromatic N) is 7. The van der Waals surface area contributed by atoms with Crippen LogP contribution in [0.4, 0.5) is 10.2 Å². The largest absolute Gasteiger partial charge is 0.367 e. The van der Waals surface area contributed by atoms with Gasteiger partial charge < -0.3 is 5.32 Å². The Morgan fingerprint density at radius 2 is 1.66 bits per heavy atom. The van der Waals surface area contributed by atoms with Crippen LogP contribution in [0, 0.1) is 17.1 Å². The van der Waals surface area contributed by atoms with Gasteiger partial charge >= 0.3 is 0 Å². The smallest absolute Gasteiger partial charge is 0.234 e. The van der Waals surface area contributed by atoms with E-state index in [0.717, 1.165) is 60.2 Å². The van der Waals surface area contributed by atoms with Crippen molar-refractivity contribution in [2.24, 2.45) is 0 Å². The molecule has 8 nitrogen and oxygen atoms in total. The second-order valence-electron chi connectivity index (χ2n) is 9.45. The van der Waals surface area contributed by atoms with E-state index in [1.807, 2.05) is 18.3 Å². The molecular formula is C29H25FN8. The van der Waals surface area contributed by atoms with Gasteiger partial charge in [-0.2, -0.15) is 20.1 Å². The summed E-state index contributed by atoms with van der Waals surface area (Å²) in [7, 11) is 0. The summed E-state index contributed by atoms with van der Waals surface area (Å²) in [6.45, 7) is 2.87. The van der Waals surface area contributed by atoms with E-state index >= 15 is 0 Å². The predicted octanol–water partition coefficient (Wildman–Crippen LogP) is 4.94. The van der Waals surface area contributed by atoms with Crippen LogP contribution in [-0.4, -0.2) is 48.8 Å². The summed E-state index contributed by atoms with van der Waals surface area (Å²) in [6, 6.07) is 21.2. The molecule has 5 aromatic rings. The zero-order chi connectivity index (χ0) is 25.9. The first-order valence-corrected chi connectivity index (χ1v) is 12.6. The van der Waals surface area contributed by atoms with Crippen LogP contribution in [0.25, 0.3) is 27.8 Å². The molecule has 1 aliphatic heterocycles. The van der Waals surface area contributed by atoms with Crippen LogP contribution in [0.3, 0.4) is 0 Å². The number of aromatic nitrogens is 5. The highest BCUT2D eigenvalue weighted by molar-refractivity contribution is 5.82. The number of halogens is 1. The fourth-order valence-electron chi connectivity index (χ4n) is 4.89. The van der Waals surface area contributed by atoms with E-state index in [2.05, 4.69) is 54.6 Å². The van der Waals surface area contributed by atoms with Crippen LogP contribution in [0.2, 0.25) is 0 Å². The van der Waals surface area contributed by atoms with Crippen LogP contribution in [0.5, 0.6) is 0 Å². The second-order valence-corrected chi connectivity index (χ2v) is 9.45. The molecule has 3 aromatic heterocycles. The summed E-state index contributed by atoms with van der Waals surface area (Å²) < 4.78 is 15.0. The fraction of sp³-hybridized carbons (Fsp3) is 0.207. The number of nitrogens with one attached hydrogen (secondary N) is 1. The van der Waals surface area contributed by atoms with Crippen molar-refractivity contribution < 1.29 is 4.39 Å². The monoisotopic (exact) mass is 504 g/mol. The van der Waals surface area contributed by atoms with Gasteiger partial charge in [0.25, 0.3) is 0 Å². The highest BCUT2D eigenvalue weighted by Crippen LogP contribution is 2.28. The van der Waals surface area contributed by atoms with Gasteiger partial charge in [0.15, 0.2) is 0 Å². The van der Waals surface area contributed by atoms with E-state index in [0.29, 0.717) is 11.9 Å². The Kier molecular flexibility index (Phi) is 6.46. The molecule has 0 atom stereocenters. The number of hydrogen-bond acceptors (Lipinski definition) is 7. The van der Waals surface area contributed by atoms with Crippen molar-refractivity contribution in [2.45, 2.75) is 25.4 Å². The van der Waals surface area contributed by atoms with Crippen molar-refractivity contribution in [3.05, 3.63) is 96.5 Å². The Hall–Kier alpha value is -4.68. The average Bonchev–Trinajstić information content (AvgIpc) is 3.38. The molecule has 0 aliphatic carbocycles. The van der Waals surface area contributed by atoms with Crippen LogP contribution in [-0.2, 0) is 6.54 Å². The molecule has 1 aliphatic rings. The highest BCUT2D eigenvalue weighted by atomic mass is 19.1. The molecule has 0 radical (unpaired) electrons. The van der Waals surface area contributed by atoms with E-state index in [9.17, 15) is 4.39 Å². The summed E-state index contributed by atoms with van der Waals surface area (Å²) in [6.07, 6.45) is 7.21. The molecule has 0 amide bonds. The van der Waals surface area contributed by atoms with Gasteiger partial charge in [-0.1, -0.05) is 36.4 Å². The number of nitriles is 1. The second kappa shape index (κ2) is 10.4. The normalized spacial score (nSPS) is 14.4. The number of hydrogen-bond donors (Lipinski definition) is 1. The Morgan fingerprint density at radius 3 is 2.42 bits per heavy atom. The molecular weight excluding hydrogens is 479 g/mol. The van der Waals surface area contributed by atoms with Crippen molar-refractivity contribution in [3.8, 4) is 28.3 Å². The summed E-state index contributed by atoms with van der Waals surface area (Å²) in [5.41, 5.74) is 6.07. The predicted molar refractivity (Wildman–Crippen MR) is 142 cm³/mol. The quantitative estimate of drug-likeness (QED) is 0.350. The number of fused-ring (bicyclic) bond motifs is 1. The van der Waals surface area contributed by atoms with Crippen LogP contribution >= 0.6 is 0 Å². The SMILES string of the molecule is N#Cc1nccc(NC2CCN(Cc3ccc(-c4cnn5ncc(-c6ccc(F)cc6)cc45)cc3)CC2)n1. The molecule has 1 fully saturated rings. The number of benzene rings is 2. The van der Waals surface area contributed by atoms with E-state index in [-0.39, 0.29) is 11.6 Å². The van der Waals surface area contributed by atoms with E-state index in [1.54, 1.807) is 35.2 Å². The van der Waals surface area contributed by atoms with Gasteiger partial charge in [-0.3, -0.25) is 4.90 Å². The first-order chi connectivity index (χ1) is 18.6. The zero-order valence-corrected chi connectivity index (χ0v) is 20.6. The molecule has 2 aromatic carbocycles.